The Labute approximate surface area is 133 Å². The van der Waals surface area contributed by atoms with Crippen LogP contribution in [0.3, 0.4) is 0 Å². The number of carbonyl (C=O) groups excluding carboxylic acids is 2. The van der Waals surface area contributed by atoms with Crippen LogP contribution in [0.4, 0.5) is 0 Å². The molecule has 1 spiro atoms. The molecule has 3 fully saturated rings. The summed E-state index contributed by atoms with van der Waals surface area (Å²) in [5.74, 6) is 1.73. The topological polar surface area (TPSA) is 34.1 Å². The molecule has 120 valence electrons. The lowest BCUT2D eigenvalue weighted by molar-refractivity contribution is -0.167. The summed E-state index contributed by atoms with van der Waals surface area (Å²) in [7, 11) is 0. The maximum atomic E-state index is 12.7. The smallest absolute Gasteiger partial charge is 0.142 e. The van der Waals surface area contributed by atoms with Crippen LogP contribution in [0.15, 0.2) is 12.2 Å². The first-order valence-electron chi connectivity index (χ1n) is 8.91. The first-order chi connectivity index (χ1) is 10.1. The van der Waals surface area contributed by atoms with Crippen molar-refractivity contribution in [2.24, 2.45) is 33.5 Å². The monoisotopic (exact) mass is 300 g/mol. The van der Waals surface area contributed by atoms with E-state index < -0.39 is 0 Å². The summed E-state index contributed by atoms with van der Waals surface area (Å²) in [6.45, 7) is 8.81. The predicted molar refractivity (Wildman–Crippen MR) is 86.3 cm³/mol. The van der Waals surface area contributed by atoms with Crippen LogP contribution in [0.1, 0.15) is 66.2 Å². The van der Waals surface area contributed by atoms with Gasteiger partial charge in [-0.1, -0.05) is 32.9 Å². The Morgan fingerprint density at radius 2 is 1.68 bits per heavy atom. The number of Topliss-reactive ketones (excluding diaryl/α,β-unsaturated/α-hetero) is 2. The molecule has 0 aromatic heterocycles. The lowest BCUT2D eigenvalue weighted by Crippen LogP contribution is -2.59. The molecule has 0 aliphatic heterocycles. The summed E-state index contributed by atoms with van der Waals surface area (Å²) >= 11 is 0. The van der Waals surface area contributed by atoms with Gasteiger partial charge in [0.1, 0.15) is 11.6 Å². The van der Waals surface area contributed by atoms with E-state index in [0.717, 1.165) is 32.1 Å². The summed E-state index contributed by atoms with van der Waals surface area (Å²) in [6, 6.07) is 0. The number of allylic oxidation sites excluding steroid dienone is 2. The minimum Gasteiger partial charge on any atom is -0.299 e. The second-order valence-corrected chi connectivity index (χ2v) is 9.58. The fourth-order valence-corrected chi connectivity index (χ4v) is 6.86. The molecule has 22 heavy (non-hydrogen) atoms. The van der Waals surface area contributed by atoms with Gasteiger partial charge in [0.25, 0.3) is 0 Å². The van der Waals surface area contributed by atoms with E-state index in [-0.39, 0.29) is 21.7 Å². The number of hydrogen-bond donors (Lipinski definition) is 0. The Bertz CT molecular complexity index is 601. The fourth-order valence-electron chi connectivity index (χ4n) is 6.86. The van der Waals surface area contributed by atoms with Gasteiger partial charge >= 0.3 is 0 Å². The summed E-state index contributed by atoms with van der Waals surface area (Å²) in [4.78, 5) is 25.2. The molecular formula is C20H28O2. The van der Waals surface area contributed by atoms with Crippen molar-refractivity contribution in [2.45, 2.75) is 66.2 Å². The van der Waals surface area contributed by atoms with E-state index in [2.05, 4.69) is 39.8 Å². The average Bonchev–Trinajstić information content (AvgIpc) is 2.73. The molecule has 5 unspecified atom stereocenters. The summed E-state index contributed by atoms with van der Waals surface area (Å²) < 4.78 is 0. The van der Waals surface area contributed by atoms with Gasteiger partial charge in [-0.2, -0.15) is 0 Å². The van der Waals surface area contributed by atoms with Crippen molar-refractivity contribution in [3.63, 3.8) is 0 Å². The standard InChI is InChI=1S/C20H28O2/c1-17(2)13-5-8-20-10-9-18(3,12-20)16(22)11-14(20)19(13,4)7-6-15(17)21/h9-10,13-14H,5-8,11-12H2,1-4H3. The molecule has 0 saturated heterocycles. The highest BCUT2D eigenvalue weighted by molar-refractivity contribution is 5.89. The molecule has 5 atom stereocenters. The Morgan fingerprint density at radius 1 is 0.955 bits per heavy atom. The molecule has 0 aromatic rings. The van der Waals surface area contributed by atoms with Crippen molar-refractivity contribution < 1.29 is 9.59 Å². The van der Waals surface area contributed by atoms with E-state index >= 15 is 0 Å². The van der Waals surface area contributed by atoms with Gasteiger partial charge in [-0.05, 0) is 55.3 Å². The molecular weight excluding hydrogens is 272 g/mol. The quantitative estimate of drug-likeness (QED) is 0.624. The predicted octanol–water partition coefficient (Wildman–Crippen LogP) is 4.33. The maximum Gasteiger partial charge on any atom is 0.142 e. The van der Waals surface area contributed by atoms with Gasteiger partial charge in [-0.25, -0.2) is 0 Å². The molecule has 3 saturated carbocycles. The summed E-state index contributed by atoms with van der Waals surface area (Å²) in [6.07, 6.45) is 10.3. The first kappa shape index (κ1) is 14.7. The molecule has 0 N–H and O–H groups in total. The number of ketones is 2. The molecule has 0 radical (unpaired) electrons. The van der Waals surface area contributed by atoms with Gasteiger partial charge in [0, 0.05) is 23.7 Å². The molecule has 2 bridgehead atoms. The molecule has 4 aliphatic carbocycles. The van der Waals surface area contributed by atoms with Gasteiger partial charge in [-0.3, -0.25) is 9.59 Å². The van der Waals surface area contributed by atoms with Crippen LogP contribution in [0, 0.1) is 33.5 Å². The lowest BCUT2D eigenvalue weighted by atomic mass is 9.40. The normalized spacial score (nSPS) is 52.4. The van der Waals surface area contributed by atoms with Gasteiger partial charge in [-0.15, -0.1) is 0 Å². The van der Waals surface area contributed by atoms with E-state index in [1.165, 1.54) is 0 Å². The van der Waals surface area contributed by atoms with Gasteiger partial charge < -0.3 is 0 Å². The third kappa shape index (κ3) is 1.52. The highest BCUT2D eigenvalue weighted by Crippen LogP contribution is 2.70. The van der Waals surface area contributed by atoms with Crippen LogP contribution in [-0.2, 0) is 9.59 Å². The van der Waals surface area contributed by atoms with Crippen molar-refractivity contribution in [2.75, 3.05) is 0 Å². The Balaban J connectivity index is 1.80. The van der Waals surface area contributed by atoms with E-state index in [1.54, 1.807) is 0 Å². The van der Waals surface area contributed by atoms with Crippen LogP contribution < -0.4 is 0 Å². The second-order valence-electron chi connectivity index (χ2n) is 9.58. The van der Waals surface area contributed by atoms with Crippen molar-refractivity contribution in [3.05, 3.63) is 12.2 Å². The van der Waals surface area contributed by atoms with E-state index in [0.29, 0.717) is 29.8 Å². The van der Waals surface area contributed by atoms with Crippen LogP contribution in [0.2, 0.25) is 0 Å². The molecule has 0 aromatic carbocycles. The summed E-state index contributed by atoms with van der Waals surface area (Å²) in [5.41, 5.74) is -0.0634. The molecule has 4 aliphatic rings. The zero-order chi connectivity index (χ0) is 16.0. The molecule has 2 heteroatoms. The van der Waals surface area contributed by atoms with Gasteiger partial charge in [0.05, 0.1) is 0 Å². The highest BCUT2D eigenvalue weighted by Gasteiger charge is 2.66. The lowest BCUT2D eigenvalue weighted by Gasteiger charge is -2.63. The SMILES string of the molecule is CC12C=CC3(CCC4C(C)(C)C(=O)CCC4(C)C3CC1=O)C2. The minimum absolute atomic E-state index is 0.140. The average molecular weight is 300 g/mol. The number of carbonyl (C=O) groups is 2. The van der Waals surface area contributed by atoms with Crippen LogP contribution in [0.25, 0.3) is 0 Å². The Kier molecular flexibility index (Phi) is 2.62. The second kappa shape index (κ2) is 3.94. The Hall–Kier alpha value is -0.920. The summed E-state index contributed by atoms with van der Waals surface area (Å²) in [5, 5.41) is 0. The van der Waals surface area contributed by atoms with Crippen LogP contribution in [0.5, 0.6) is 0 Å². The number of hydrogen-bond acceptors (Lipinski definition) is 2. The zero-order valence-electron chi connectivity index (χ0n) is 14.4. The van der Waals surface area contributed by atoms with E-state index in [4.69, 9.17) is 0 Å². The van der Waals surface area contributed by atoms with E-state index in [9.17, 15) is 9.59 Å². The third-order valence-corrected chi connectivity index (χ3v) is 8.17. The minimum atomic E-state index is -0.222. The molecule has 2 nitrogen and oxygen atoms in total. The van der Waals surface area contributed by atoms with Crippen LogP contribution in [-0.4, -0.2) is 11.6 Å². The molecule has 0 amide bonds. The van der Waals surface area contributed by atoms with Crippen molar-refractivity contribution >= 4 is 11.6 Å². The third-order valence-electron chi connectivity index (χ3n) is 8.17. The largest absolute Gasteiger partial charge is 0.299 e. The molecule has 0 heterocycles. The maximum absolute atomic E-state index is 12.7. The highest BCUT2D eigenvalue weighted by atomic mass is 16.1. The van der Waals surface area contributed by atoms with E-state index in [1.807, 2.05) is 0 Å². The van der Waals surface area contributed by atoms with Gasteiger partial charge in [0.2, 0.25) is 0 Å². The van der Waals surface area contributed by atoms with Crippen molar-refractivity contribution in [3.8, 4) is 0 Å². The number of fused-ring (bicyclic) bond motifs is 3. The Morgan fingerprint density at radius 3 is 2.41 bits per heavy atom. The van der Waals surface area contributed by atoms with Crippen molar-refractivity contribution in [1.29, 1.82) is 0 Å². The zero-order valence-corrected chi connectivity index (χ0v) is 14.4. The fraction of sp³-hybridized carbons (Fsp3) is 0.800. The van der Waals surface area contributed by atoms with Gasteiger partial charge in [0.15, 0.2) is 0 Å². The van der Waals surface area contributed by atoms with Crippen molar-refractivity contribution in [1.82, 2.24) is 0 Å². The number of rotatable bonds is 0. The first-order valence-corrected chi connectivity index (χ1v) is 8.91. The molecule has 4 rings (SSSR count). The van der Waals surface area contributed by atoms with Crippen LogP contribution >= 0.6 is 0 Å².